The normalized spacial score (nSPS) is 15.8. The van der Waals surface area contributed by atoms with Crippen LogP contribution in [-0.4, -0.2) is 37.7 Å². The van der Waals surface area contributed by atoms with Crippen LogP contribution in [0.15, 0.2) is 42.9 Å². The molecule has 0 aliphatic heterocycles. The van der Waals surface area contributed by atoms with Crippen molar-refractivity contribution in [2.75, 3.05) is 0 Å². The Hall–Kier alpha value is -3.36. The van der Waals surface area contributed by atoms with Crippen molar-refractivity contribution >= 4 is 22.5 Å². The van der Waals surface area contributed by atoms with E-state index in [0.717, 1.165) is 47.1 Å². The summed E-state index contributed by atoms with van der Waals surface area (Å²) in [5, 5.41) is 7.04. The Kier molecular flexibility index (Phi) is 4.91. The van der Waals surface area contributed by atoms with E-state index in [1.54, 1.807) is 12.3 Å². The van der Waals surface area contributed by atoms with Crippen LogP contribution in [0, 0.1) is 5.92 Å². The third-order valence-corrected chi connectivity index (χ3v) is 6.23. The van der Waals surface area contributed by atoms with Crippen molar-refractivity contribution in [2.45, 2.75) is 44.8 Å². The molecule has 32 heavy (non-hydrogen) atoms. The molecule has 0 radical (unpaired) electrons. The van der Waals surface area contributed by atoms with E-state index >= 15 is 0 Å². The Morgan fingerprint density at radius 1 is 1.31 bits per heavy atom. The van der Waals surface area contributed by atoms with Gasteiger partial charge in [0, 0.05) is 29.0 Å². The van der Waals surface area contributed by atoms with Crippen molar-refractivity contribution in [2.24, 2.45) is 5.92 Å². The number of pyridine rings is 2. The van der Waals surface area contributed by atoms with Crippen molar-refractivity contribution in [3.05, 3.63) is 54.1 Å². The second-order valence-corrected chi connectivity index (χ2v) is 8.44. The van der Waals surface area contributed by atoms with E-state index in [0.29, 0.717) is 5.52 Å². The minimum absolute atomic E-state index is 0.0868. The summed E-state index contributed by atoms with van der Waals surface area (Å²) >= 11 is 0. The highest BCUT2D eigenvalue weighted by Crippen LogP contribution is 2.32. The molecule has 0 unspecified atom stereocenters. The Labute approximate surface area is 181 Å². The van der Waals surface area contributed by atoms with Crippen LogP contribution in [0.25, 0.3) is 27.7 Å². The number of aromatic nitrogens is 4. The largest absolute Gasteiger partial charge is 0.408 e. The average molecular weight is 441 g/mol. The summed E-state index contributed by atoms with van der Waals surface area (Å²) < 4.78 is 40.0. The van der Waals surface area contributed by atoms with E-state index in [-0.39, 0.29) is 5.56 Å². The van der Waals surface area contributed by atoms with Gasteiger partial charge in [0.2, 0.25) is 0 Å². The lowest BCUT2D eigenvalue weighted by Crippen LogP contribution is -2.43. The van der Waals surface area contributed by atoms with Gasteiger partial charge >= 0.3 is 6.18 Å². The number of aromatic amines is 1. The molecule has 1 aliphatic rings. The maximum atomic E-state index is 12.8. The van der Waals surface area contributed by atoms with Gasteiger partial charge in [-0.2, -0.15) is 18.3 Å². The van der Waals surface area contributed by atoms with E-state index in [1.807, 2.05) is 29.7 Å². The standard InChI is InChI=1S/C23H22F3N5O/c1-13(23(24,25)26)29-22(32)19-12-28-31-8-7-15(10-20(19)31)18-11-27-21-17(18)6-5-16(30-21)9-14-3-2-4-14/h5-8,10-14H,2-4,9H2,1H3,(H,27,30)(H,29,32)/t13-/m1/s1. The molecule has 0 spiro atoms. The highest BCUT2D eigenvalue weighted by Gasteiger charge is 2.37. The molecule has 4 aromatic rings. The van der Waals surface area contributed by atoms with E-state index in [9.17, 15) is 18.0 Å². The lowest BCUT2D eigenvalue weighted by Gasteiger charge is -2.24. The summed E-state index contributed by atoms with van der Waals surface area (Å²) in [7, 11) is 0. The number of nitrogens with one attached hydrogen (secondary N) is 2. The van der Waals surface area contributed by atoms with E-state index in [4.69, 9.17) is 4.98 Å². The number of H-pyrrole nitrogens is 1. The Balaban J connectivity index is 1.46. The van der Waals surface area contributed by atoms with Crippen molar-refractivity contribution < 1.29 is 18.0 Å². The fraction of sp³-hybridized carbons (Fsp3) is 0.348. The number of fused-ring (bicyclic) bond motifs is 2. The minimum atomic E-state index is -4.52. The van der Waals surface area contributed by atoms with Crippen LogP contribution in [0.4, 0.5) is 13.2 Å². The van der Waals surface area contributed by atoms with Gasteiger partial charge in [0.1, 0.15) is 11.7 Å². The average Bonchev–Trinajstić information content (AvgIpc) is 3.33. The summed E-state index contributed by atoms with van der Waals surface area (Å²) in [5.74, 6) is -0.0912. The molecule has 1 aliphatic carbocycles. The monoisotopic (exact) mass is 441 g/mol. The van der Waals surface area contributed by atoms with Gasteiger partial charge in [-0.05, 0) is 49.1 Å². The van der Waals surface area contributed by atoms with Crippen LogP contribution in [0.5, 0.6) is 0 Å². The summed E-state index contributed by atoms with van der Waals surface area (Å²) in [5.41, 5.74) is 4.10. The van der Waals surface area contributed by atoms with Gasteiger partial charge < -0.3 is 10.3 Å². The number of amides is 1. The lowest BCUT2D eigenvalue weighted by atomic mass is 9.82. The number of carbonyl (C=O) groups excluding carboxylic acids is 1. The maximum Gasteiger partial charge on any atom is 0.408 e. The van der Waals surface area contributed by atoms with Crippen LogP contribution in [0.3, 0.4) is 0 Å². The van der Waals surface area contributed by atoms with Gasteiger partial charge in [0.15, 0.2) is 0 Å². The van der Waals surface area contributed by atoms with Gasteiger partial charge in [-0.25, -0.2) is 9.50 Å². The summed E-state index contributed by atoms with van der Waals surface area (Å²) in [4.78, 5) is 20.4. The van der Waals surface area contributed by atoms with Crippen LogP contribution >= 0.6 is 0 Å². The van der Waals surface area contributed by atoms with Crippen molar-refractivity contribution in [1.29, 1.82) is 0 Å². The second kappa shape index (κ2) is 7.65. The fourth-order valence-electron chi connectivity index (χ4n) is 4.07. The molecule has 9 heteroatoms. The number of hydrogen-bond acceptors (Lipinski definition) is 3. The molecule has 166 valence electrons. The number of nitrogens with zero attached hydrogens (tertiary/aromatic N) is 3. The smallest absolute Gasteiger partial charge is 0.346 e. The predicted octanol–water partition coefficient (Wildman–Crippen LogP) is 4.90. The zero-order valence-electron chi connectivity index (χ0n) is 17.4. The van der Waals surface area contributed by atoms with Gasteiger partial charge in [-0.1, -0.05) is 19.3 Å². The molecule has 1 atom stereocenters. The molecule has 4 heterocycles. The number of hydrogen-bond donors (Lipinski definition) is 2. The van der Waals surface area contributed by atoms with Crippen molar-refractivity contribution in [3.8, 4) is 11.1 Å². The number of rotatable bonds is 5. The molecule has 2 N–H and O–H groups in total. The van der Waals surface area contributed by atoms with Crippen molar-refractivity contribution in [1.82, 2.24) is 24.9 Å². The molecule has 6 nitrogen and oxygen atoms in total. The number of alkyl halides is 3. The van der Waals surface area contributed by atoms with Crippen LogP contribution in [0.1, 0.15) is 42.2 Å². The maximum absolute atomic E-state index is 12.8. The number of carbonyl (C=O) groups is 1. The first-order chi connectivity index (χ1) is 15.3. The van der Waals surface area contributed by atoms with Gasteiger partial charge in [-0.3, -0.25) is 4.79 Å². The first-order valence-electron chi connectivity index (χ1n) is 10.6. The highest BCUT2D eigenvalue weighted by molar-refractivity contribution is 6.02. The molecule has 0 aromatic carbocycles. The third-order valence-electron chi connectivity index (χ3n) is 6.23. The second-order valence-electron chi connectivity index (χ2n) is 8.44. The molecule has 1 saturated carbocycles. The zero-order chi connectivity index (χ0) is 22.5. The predicted molar refractivity (Wildman–Crippen MR) is 114 cm³/mol. The fourth-order valence-corrected chi connectivity index (χ4v) is 4.07. The number of halogens is 3. The Bertz CT molecular complexity index is 1300. The van der Waals surface area contributed by atoms with E-state index in [2.05, 4.69) is 10.1 Å². The van der Waals surface area contributed by atoms with Gasteiger partial charge in [-0.15, -0.1) is 0 Å². The van der Waals surface area contributed by atoms with E-state index < -0.39 is 18.1 Å². The summed E-state index contributed by atoms with van der Waals surface area (Å²) in [6.07, 6.45) is 5.12. The first kappa shape index (κ1) is 20.5. The molecular weight excluding hydrogens is 419 g/mol. The van der Waals surface area contributed by atoms with Crippen LogP contribution in [-0.2, 0) is 6.42 Å². The molecule has 0 saturated heterocycles. The van der Waals surface area contributed by atoms with Crippen molar-refractivity contribution in [3.63, 3.8) is 0 Å². The Morgan fingerprint density at radius 2 is 2.12 bits per heavy atom. The topological polar surface area (TPSA) is 75.1 Å². The quantitative estimate of drug-likeness (QED) is 0.463. The Morgan fingerprint density at radius 3 is 2.84 bits per heavy atom. The van der Waals surface area contributed by atoms with Crippen LogP contribution in [0.2, 0.25) is 0 Å². The zero-order valence-corrected chi connectivity index (χ0v) is 17.4. The molecule has 1 fully saturated rings. The van der Waals surface area contributed by atoms with Crippen LogP contribution < -0.4 is 5.32 Å². The minimum Gasteiger partial charge on any atom is -0.346 e. The molecule has 1 amide bonds. The summed E-state index contributed by atoms with van der Waals surface area (Å²) in [6, 6.07) is 5.74. The first-order valence-corrected chi connectivity index (χ1v) is 10.6. The van der Waals surface area contributed by atoms with Gasteiger partial charge in [0.05, 0.1) is 17.3 Å². The SMILES string of the molecule is C[C@@H](NC(=O)c1cnn2ccc(-c3c[nH]c4nc(CC5CCC5)ccc34)cc12)C(F)(F)F. The van der Waals surface area contributed by atoms with E-state index in [1.165, 1.54) is 30.0 Å². The molecule has 4 aromatic heterocycles. The summed E-state index contributed by atoms with van der Waals surface area (Å²) in [6.45, 7) is 0.910. The highest BCUT2D eigenvalue weighted by atomic mass is 19.4. The molecular formula is C23H22F3N5O. The lowest BCUT2D eigenvalue weighted by molar-refractivity contribution is -0.149. The third kappa shape index (κ3) is 3.72. The molecule has 0 bridgehead atoms. The van der Waals surface area contributed by atoms with Gasteiger partial charge in [0.25, 0.3) is 5.91 Å². The molecule has 5 rings (SSSR count).